The number of methoxy groups -OCH3 is 3. The van der Waals surface area contributed by atoms with Gasteiger partial charge in [-0.15, -0.1) is 0 Å². The van der Waals surface area contributed by atoms with Gasteiger partial charge in [0, 0.05) is 6.54 Å². The smallest absolute Gasteiger partial charge is 0.338 e. The Bertz CT molecular complexity index is 1160. The van der Waals surface area contributed by atoms with Crippen LogP contribution in [-0.4, -0.2) is 69.2 Å². The van der Waals surface area contributed by atoms with Crippen LogP contribution in [0.2, 0.25) is 0 Å². The fourth-order valence-corrected chi connectivity index (χ4v) is 3.73. The summed E-state index contributed by atoms with van der Waals surface area (Å²) >= 11 is 0. The third-order valence-electron chi connectivity index (χ3n) is 5.48. The number of carbonyl (C=O) groups excluding carboxylic acids is 4. The van der Waals surface area contributed by atoms with Gasteiger partial charge in [0.2, 0.25) is 0 Å². The topological polar surface area (TPSA) is 133 Å². The van der Waals surface area contributed by atoms with Crippen LogP contribution in [0.3, 0.4) is 0 Å². The fourth-order valence-electron chi connectivity index (χ4n) is 3.73. The van der Waals surface area contributed by atoms with Crippen LogP contribution in [0.5, 0.6) is 11.5 Å². The first-order valence-corrected chi connectivity index (χ1v) is 11.2. The highest BCUT2D eigenvalue weighted by Gasteiger charge is 2.35. The highest BCUT2D eigenvalue weighted by atomic mass is 16.5. The number of nitrogens with zero attached hydrogens (tertiary/aromatic N) is 3. The molecule has 0 saturated carbocycles. The van der Waals surface area contributed by atoms with Crippen molar-refractivity contribution >= 4 is 29.4 Å². The summed E-state index contributed by atoms with van der Waals surface area (Å²) in [5, 5.41) is 8.28. The average Bonchev–Trinajstić information content (AvgIpc) is 3.14. The largest absolute Gasteiger partial charge is 0.493 e. The average molecular weight is 498 g/mol. The van der Waals surface area contributed by atoms with Gasteiger partial charge in [0.25, 0.3) is 11.8 Å². The Morgan fingerprint density at radius 3 is 2.22 bits per heavy atom. The van der Waals surface area contributed by atoms with E-state index in [1.54, 1.807) is 31.2 Å². The van der Waals surface area contributed by atoms with Crippen LogP contribution in [0.15, 0.2) is 46.6 Å². The molecule has 0 radical (unpaired) electrons. The molecule has 3 rings (SSSR count). The third-order valence-corrected chi connectivity index (χ3v) is 5.48. The molecule has 1 heterocycles. The van der Waals surface area contributed by atoms with Gasteiger partial charge in [0.1, 0.15) is 5.69 Å². The van der Waals surface area contributed by atoms with Gasteiger partial charge in [-0.05, 0) is 44.0 Å². The first-order chi connectivity index (χ1) is 17.4. The molecule has 2 aromatic rings. The Kier molecular flexibility index (Phi) is 8.71. The summed E-state index contributed by atoms with van der Waals surface area (Å²) < 4.78 is 20.5. The molecule has 0 fully saturated rings. The number of rotatable bonds is 11. The van der Waals surface area contributed by atoms with Crippen molar-refractivity contribution in [3.05, 3.63) is 53.1 Å². The van der Waals surface area contributed by atoms with Crippen LogP contribution in [0.4, 0.5) is 5.69 Å². The summed E-state index contributed by atoms with van der Waals surface area (Å²) in [6.45, 7) is 1.91. The lowest BCUT2D eigenvalue weighted by Crippen LogP contribution is -2.32. The molecule has 0 N–H and O–H groups in total. The molecule has 1 atom stereocenters. The number of azo groups is 1. The van der Waals surface area contributed by atoms with Crippen molar-refractivity contribution in [3.8, 4) is 11.5 Å². The van der Waals surface area contributed by atoms with Crippen LogP contribution in [0.1, 0.15) is 50.8 Å². The van der Waals surface area contributed by atoms with Gasteiger partial charge >= 0.3 is 11.9 Å². The van der Waals surface area contributed by atoms with Gasteiger partial charge < -0.3 is 18.9 Å². The van der Waals surface area contributed by atoms with E-state index >= 15 is 0 Å². The van der Waals surface area contributed by atoms with Crippen molar-refractivity contribution in [1.29, 1.82) is 0 Å². The van der Waals surface area contributed by atoms with Gasteiger partial charge in [-0.2, -0.15) is 10.2 Å². The van der Waals surface area contributed by atoms with E-state index in [1.165, 1.54) is 33.5 Å². The minimum absolute atomic E-state index is 0.104. The molecule has 2 aromatic carbocycles. The first-order valence-electron chi connectivity index (χ1n) is 11.2. The van der Waals surface area contributed by atoms with Crippen molar-refractivity contribution in [1.82, 2.24) is 4.90 Å². The Hall–Kier alpha value is -4.28. The second kappa shape index (κ2) is 11.9. The number of esters is 2. The predicted octanol–water partition coefficient (Wildman–Crippen LogP) is 3.58. The maximum absolute atomic E-state index is 12.6. The van der Waals surface area contributed by atoms with Gasteiger partial charge in [-0.25, -0.2) is 9.59 Å². The summed E-state index contributed by atoms with van der Waals surface area (Å²) in [7, 11) is 4.05. The Morgan fingerprint density at radius 1 is 1.00 bits per heavy atom. The lowest BCUT2D eigenvalue weighted by atomic mass is 10.1. The van der Waals surface area contributed by atoms with Crippen LogP contribution < -0.4 is 9.47 Å². The molecule has 1 aliphatic heterocycles. The van der Waals surface area contributed by atoms with E-state index < -0.39 is 18.0 Å². The fraction of sp³-hybridized carbons (Fsp3) is 0.360. The SMILES string of the molecule is CCOC(=O)C(CCCN1C(=O)c2ccccc2C1=O)N=Nc1cc(C(=O)OC)cc(OC)c1OC. The maximum Gasteiger partial charge on any atom is 0.338 e. The second-order valence-electron chi connectivity index (χ2n) is 7.66. The van der Waals surface area contributed by atoms with Crippen LogP contribution in [-0.2, 0) is 14.3 Å². The van der Waals surface area contributed by atoms with E-state index in [0.717, 1.165) is 4.90 Å². The third kappa shape index (κ3) is 5.51. The number of carbonyl (C=O) groups is 4. The minimum atomic E-state index is -1.02. The van der Waals surface area contributed by atoms with Gasteiger partial charge in [0.15, 0.2) is 17.5 Å². The second-order valence-corrected chi connectivity index (χ2v) is 7.66. The van der Waals surface area contributed by atoms with E-state index in [-0.39, 0.29) is 60.6 Å². The lowest BCUT2D eigenvalue weighted by Gasteiger charge is -2.16. The van der Waals surface area contributed by atoms with E-state index in [9.17, 15) is 19.2 Å². The number of ether oxygens (including phenoxy) is 4. The number of fused-ring (bicyclic) bond motifs is 1. The van der Waals surface area contributed by atoms with E-state index in [1.807, 2.05) is 0 Å². The standard InChI is InChI=1S/C25H27N3O8/c1-5-36-25(32)18(11-8-12-28-22(29)16-9-6-7-10-17(16)23(28)30)26-27-19-13-15(24(31)35-4)14-20(33-2)21(19)34-3/h6-7,9-10,13-14,18H,5,8,11-12H2,1-4H3. The molecule has 11 nitrogen and oxygen atoms in total. The van der Waals surface area contributed by atoms with Crippen molar-refractivity contribution in [3.63, 3.8) is 0 Å². The van der Waals surface area contributed by atoms with Gasteiger partial charge in [-0.3, -0.25) is 14.5 Å². The zero-order valence-corrected chi connectivity index (χ0v) is 20.5. The first kappa shape index (κ1) is 26.3. The van der Waals surface area contributed by atoms with Gasteiger partial charge in [0.05, 0.1) is 44.6 Å². The monoisotopic (exact) mass is 497 g/mol. The van der Waals surface area contributed by atoms with E-state index in [4.69, 9.17) is 18.9 Å². The minimum Gasteiger partial charge on any atom is -0.493 e. The van der Waals surface area contributed by atoms with Crippen LogP contribution >= 0.6 is 0 Å². The molecule has 0 saturated heterocycles. The molecule has 190 valence electrons. The molecular weight excluding hydrogens is 470 g/mol. The molecule has 0 bridgehead atoms. The summed E-state index contributed by atoms with van der Waals surface area (Å²) in [5.41, 5.74) is 1.01. The van der Waals surface area contributed by atoms with Crippen molar-refractivity contribution in [2.45, 2.75) is 25.8 Å². The Labute approximate surface area is 208 Å². The zero-order valence-electron chi connectivity index (χ0n) is 20.5. The van der Waals surface area contributed by atoms with Crippen molar-refractivity contribution in [2.24, 2.45) is 10.2 Å². The lowest BCUT2D eigenvalue weighted by molar-refractivity contribution is -0.144. The van der Waals surface area contributed by atoms with Crippen molar-refractivity contribution < 1.29 is 38.1 Å². The predicted molar refractivity (Wildman–Crippen MR) is 127 cm³/mol. The summed E-state index contributed by atoms with van der Waals surface area (Å²) in [6.07, 6.45) is 0.447. The molecule has 36 heavy (non-hydrogen) atoms. The Balaban J connectivity index is 1.79. The summed E-state index contributed by atoms with van der Waals surface area (Å²) in [5.74, 6) is -1.54. The maximum atomic E-state index is 12.6. The highest BCUT2D eigenvalue weighted by Crippen LogP contribution is 2.39. The molecule has 1 unspecified atom stereocenters. The molecule has 0 aliphatic carbocycles. The molecule has 2 amide bonds. The number of hydrogen-bond acceptors (Lipinski definition) is 10. The van der Waals surface area contributed by atoms with Crippen molar-refractivity contribution in [2.75, 3.05) is 34.5 Å². The quantitative estimate of drug-likeness (QED) is 0.261. The number of benzene rings is 2. The summed E-state index contributed by atoms with van der Waals surface area (Å²) in [4.78, 5) is 50.9. The summed E-state index contributed by atoms with van der Waals surface area (Å²) in [6, 6.07) is 8.43. The molecule has 11 heteroatoms. The number of imide groups is 1. The Morgan fingerprint density at radius 2 is 1.67 bits per heavy atom. The number of hydrogen-bond donors (Lipinski definition) is 0. The highest BCUT2D eigenvalue weighted by molar-refractivity contribution is 6.21. The molecular formula is C25H27N3O8. The zero-order chi connectivity index (χ0) is 26.2. The molecule has 0 aromatic heterocycles. The van der Waals surface area contributed by atoms with Crippen LogP contribution in [0.25, 0.3) is 0 Å². The normalized spacial score (nSPS) is 13.5. The molecule has 0 spiro atoms. The van der Waals surface area contributed by atoms with Gasteiger partial charge in [-0.1, -0.05) is 12.1 Å². The number of amides is 2. The van der Waals surface area contributed by atoms with E-state index in [0.29, 0.717) is 11.1 Å². The van der Waals surface area contributed by atoms with Crippen LogP contribution in [0, 0.1) is 0 Å². The molecule has 1 aliphatic rings. The van der Waals surface area contributed by atoms with E-state index in [2.05, 4.69) is 10.2 Å².